The third-order valence-corrected chi connectivity index (χ3v) is 5.14. The molecule has 0 radical (unpaired) electrons. The van der Waals surface area contributed by atoms with Gasteiger partial charge in [-0.25, -0.2) is 0 Å². The van der Waals surface area contributed by atoms with Crippen LogP contribution in [0.2, 0.25) is 0 Å². The molecular formula is C24H22. The van der Waals surface area contributed by atoms with E-state index in [0.29, 0.717) is 0 Å². The summed E-state index contributed by atoms with van der Waals surface area (Å²) in [5.74, 6) is 0. The molecule has 0 aliphatic heterocycles. The first-order chi connectivity index (χ1) is 11.6. The van der Waals surface area contributed by atoms with Crippen molar-refractivity contribution in [3.8, 4) is 11.1 Å². The van der Waals surface area contributed by atoms with Crippen molar-refractivity contribution in [2.75, 3.05) is 0 Å². The van der Waals surface area contributed by atoms with Gasteiger partial charge < -0.3 is 0 Å². The lowest BCUT2D eigenvalue weighted by atomic mass is 9.89. The zero-order valence-corrected chi connectivity index (χ0v) is 14.8. The zero-order valence-electron chi connectivity index (χ0n) is 14.8. The first-order valence-electron chi connectivity index (χ1n) is 8.59. The summed E-state index contributed by atoms with van der Waals surface area (Å²) >= 11 is 0. The van der Waals surface area contributed by atoms with E-state index in [1.165, 1.54) is 54.6 Å². The van der Waals surface area contributed by atoms with Gasteiger partial charge in [-0.05, 0) is 76.7 Å². The van der Waals surface area contributed by atoms with Gasteiger partial charge in [-0.1, -0.05) is 66.2 Å². The van der Waals surface area contributed by atoms with Gasteiger partial charge in [-0.2, -0.15) is 0 Å². The molecule has 118 valence electrons. The minimum absolute atomic E-state index is 1.31. The first-order valence-corrected chi connectivity index (χ1v) is 8.59. The van der Waals surface area contributed by atoms with Crippen LogP contribution in [0.1, 0.15) is 23.6 Å². The molecule has 0 unspecified atom stereocenters. The predicted octanol–water partition coefficient (Wildman–Crippen LogP) is 6.10. The Morgan fingerprint density at radius 3 is 2.17 bits per heavy atom. The van der Waals surface area contributed by atoms with Gasteiger partial charge in [0.2, 0.25) is 0 Å². The number of hydrogen-bond donors (Lipinski definition) is 0. The van der Waals surface area contributed by atoms with Crippen LogP contribution in [0.5, 0.6) is 0 Å². The fourth-order valence-electron chi connectivity index (χ4n) is 3.94. The molecule has 0 nitrogen and oxygen atoms in total. The van der Waals surface area contributed by atoms with Crippen molar-refractivity contribution in [1.82, 2.24) is 0 Å². The van der Waals surface area contributed by atoms with E-state index in [0.717, 1.165) is 0 Å². The fraction of sp³-hybridized carbons (Fsp3) is 0.167. The minimum Gasteiger partial charge on any atom is -0.0798 e. The van der Waals surface area contributed by atoms with Gasteiger partial charge in [0.1, 0.15) is 0 Å². The maximum absolute atomic E-state index is 2.29. The Labute approximate surface area is 143 Å². The van der Waals surface area contributed by atoms with Crippen LogP contribution in [0.3, 0.4) is 0 Å². The standard InChI is InChI=1S/C24H22/c1-5-18-8-9-19-10-13-21(20-11-6-15(2)14-17(20)4)22-12-7-16(3)23(18)24(19)22/h5-14H,1-4H3/b18-5-. The summed E-state index contributed by atoms with van der Waals surface area (Å²) in [4.78, 5) is 0. The van der Waals surface area contributed by atoms with Crippen LogP contribution in [-0.2, 0) is 0 Å². The van der Waals surface area contributed by atoms with Gasteiger partial charge in [0.25, 0.3) is 0 Å². The van der Waals surface area contributed by atoms with Crippen molar-refractivity contribution < 1.29 is 0 Å². The monoisotopic (exact) mass is 310 g/mol. The zero-order chi connectivity index (χ0) is 16.8. The maximum atomic E-state index is 2.29. The molecule has 0 saturated heterocycles. The van der Waals surface area contributed by atoms with Crippen LogP contribution >= 0.6 is 0 Å². The molecule has 0 aliphatic carbocycles. The van der Waals surface area contributed by atoms with Crippen LogP contribution in [-0.4, -0.2) is 0 Å². The van der Waals surface area contributed by atoms with E-state index in [-0.39, 0.29) is 0 Å². The van der Waals surface area contributed by atoms with Crippen molar-refractivity contribution in [2.45, 2.75) is 27.7 Å². The SMILES string of the molecule is C/C=c1/ccc2ccc(-c3ccc(C)cc3C)c3ccc(C)c1c23. The summed E-state index contributed by atoms with van der Waals surface area (Å²) in [7, 11) is 0. The van der Waals surface area contributed by atoms with Crippen molar-refractivity contribution in [1.29, 1.82) is 0 Å². The minimum atomic E-state index is 1.31. The lowest BCUT2D eigenvalue weighted by molar-refractivity contribution is 1.39. The highest BCUT2D eigenvalue weighted by Gasteiger charge is 2.12. The molecule has 0 bridgehead atoms. The van der Waals surface area contributed by atoms with Crippen LogP contribution in [0.15, 0.2) is 54.6 Å². The average molecular weight is 310 g/mol. The third-order valence-electron chi connectivity index (χ3n) is 5.14. The lowest BCUT2D eigenvalue weighted by Gasteiger charge is -2.15. The second kappa shape index (κ2) is 5.49. The molecule has 4 aromatic carbocycles. The predicted molar refractivity (Wildman–Crippen MR) is 106 cm³/mol. The summed E-state index contributed by atoms with van der Waals surface area (Å²) in [6.45, 7) is 8.70. The Morgan fingerprint density at radius 1 is 0.667 bits per heavy atom. The van der Waals surface area contributed by atoms with E-state index in [2.05, 4.69) is 88.4 Å². The maximum Gasteiger partial charge on any atom is -0.00240 e. The highest BCUT2D eigenvalue weighted by Crippen LogP contribution is 2.36. The quantitative estimate of drug-likeness (QED) is 0.398. The first kappa shape index (κ1) is 15.0. The Balaban J connectivity index is 2.19. The Bertz CT molecular complexity index is 1130. The second-order valence-corrected chi connectivity index (χ2v) is 6.78. The summed E-state index contributed by atoms with van der Waals surface area (Å²) in [5, 5.41) is 6.78. The average Bonchev–Trinajstić information content (AvgIpc) is 2.58. The molecule has 0 aromatic heterocycles. The van der Waals surface area contributed by atoms with E-state index in [1.54, 1.807) is 0 Å². The topological polar surface area (TPSA) is 0 Å². The molecular weight excluding hydrogens is 288 g/mol. The molecule has 0 fully saturated rings. The van der Waals surface area contributed by atoms with Crippen LogP contribution < -0.4 is 5.22 Å². The largest absolute Gasteiger partial charge is 0.0798 e. The number of hydrogen-bond acceptors (Lipinski definition) is 0. The van der Waals surface area contributed by atoms with Crippen molar-refractivity contribution >= 4 is 27.6 Å². The third kappa shape index (κ3) is 2.14. The molecule has 0 aliphatic rings. The normalized spacial score (nSPS) is 12.4. The molecule has 4 aromatic rings. The molecule has 0 heteroatoms. The van der Waals surface area contributed by atoms with Crippen LogP contribution in [0.4, 0.5) is 0 Å². The highest BCUT2D eigenvalue weighted by atomic mass is 14.2. The van der Waals surface area contributed by atoms with Gasteiger partial charge in [-0.3, -0.25) is 0 Å². The summed E-state index contributed by atoms with van der Waals surface area (Å²) in [6, 6.07) is 20.3. The van der Waals surface area contributed by atoms with E-state index in [1.807, 2.05) is 0 Å². The van der Waals surface area contributed by atoms with Gasteiger partial charge in [0, 0.05) is 0 Å². The van der Waals surface area contributed by atoms with E-state index in [9.17, 15) is 0 Å². The molecule has 0 amide bonds. The van der Waals surface area contributed by atoms with Gasteiger partial charge in [-0.15, -0.1) is 0 Å². The number of rotatable bonds is 1. The summed E-state index contributed by atoms with van der Waals surface area (Å²) < 4.78 is 0. The van der Waals surface area contributed by atoms with Crippen LogP contribution in [0.25, 0.3) is 38.7 Å². The molecule has 4 rings (SSSR count). The Kier molecular flexibility index (Phi) is 3.42. The van der Waals surface area contributed by atoms with Crippen molar-refractivity contribution in [2.24, 2.45) is 0 Å². The molecule has 24 heavy (non-hydrogen) atoms. The van der Waals surface area contributed by atoms with Crippen molar-refractivity contribution in [3.63, 3.8) is 0 Å². The molecule has 0 spiro atoms. The molecule has 0 saturated carbocycles. The molecule has 0 N–H and O–H groups in total. The van der Waals surface area contributed by atoms with E-state index < -0.39 is 0 Å². The summed E-state index contributed by atoms with van der Waals surface area (Å²) in [6.07, 6.45) is 2.21. The fourth-order valence-corrected chi connectivity index (χ4v) is 3.94. The van der Waals surface area contributed by atoms with E-state index >= 15 is 0 Å². The molecule has 0 atom stereocenters. The lowest BCUT2D eigenvalue weighted by Crippen LogP contribution is -2.03. The highest BCUT2D eigenvalue weighted by molar-refractivity contribution is 6.16. The molecule has 0 heterocycles. The van der Waals surface area contributed by atoms with E-state index in [4.69, 9.17) is 0 Å². The van der Waals surface area contributed by atoms with Gasteiger partial charge in [0.15, 0.2) is 0 Å². The van der Waals surface area contributed by atoms with Crippen molar-refractivity contribution in [3.05, 3.63) is 76.5 Å². The Hall–Kier alpha value is -2.60. The summed E-state index contributed by atoms with van der Waals surface area (Å²) in [5.41, 5.74) is 6.66. The number of aryl methyl sites for hydroxylation is 3. The van der Waals surface area contributed by atoms with Crippen LogP contribution in [0, 0.1) is 20.8 Å². The number of benzene rings is 4. The van der Waals surface area contributed by atoms with Gasteiger partial charge in [0.05, 0.1) is 0 Å². The van der Waals surface area contributed by atoms with Gasteiger partial charge >= 0.3 is 0 Å². The smallest absolute Gasteiger partial charge is 0.00240 e. The Morgan fingerprint density at radius 2 is 1.42 bits per heavy atom. The second-order valence-electron chi connectivity index (χ2n) is 6.78.